The summed E-state index contributed by atoms with van der Waals surface area (Å²) < 4.78 is 0. The van der Waals surface area contributed by atoms with E-state index in [4.69, 9.17) is 5.84 Å². The largest absolute Gasteiger partial charge is 0.271 e. The fourth-order valence-electron chi connectivity index (χ4n) is 0.895. The van der Waals surface area contributed by atoms with E-state index in [-0.39, 0.29) is 6.04 Å². The highest BCUT2D eigenvalue weighted by Crippen LogP contribution is 2.10. The molecule has 12 heavy (non-hydrogen) atoms. The number of hydrogen-bond donors (Lipinski definition) is 2. The van der Waals surface area contributed by atoms with Gasteiger partial charge in [0.1, 0.15) is 0 Å². The van der Waals surface area contributed by atoms with Crippen molar-refractivity contribution in [3.63, 3.8) is 0 Å². The summed E-state index contributed by atoms with van der Waals surface area (Å²) in [7, 11) is 0. The number of hydrogen-bond acceptors (Lipinski definition) is 4. The van der Waals surface area contributed by atoms with E-state index in [9.17, 15) is 0 Å². The number of nitrogens with one attached hydrogen (secondary N) is 1. The number of hydrazine groups is 1. The van der Waals surface area contributed by atoms with Crippen molar-refractivity contribution in [3.05, 3.63) is 28.7 Å². The van der Waals surface area contributed by atoms with Crippen LogP contribution in [0, 0.1) is 6.92 Å². The Morgan fingerprint density at radius 2 is 2.67 bits per heavy atom. The van der Waals surface area contributed by atoms with Crippen LogP contribution in [0.2, 0.25) is 0 Å². The lowest BCUT2D eigenvalue weighted by atomic mass is 10.2. The van der Waals surface area contributed by atoms with Gasteiger partial charge in [-0.15, -0.1) is 17.9 Å². The molecule has 1 heterocycles. The zero-order valence-corrected chi connectivity index (χ0v) is 7.90. The van der Waals surface area contributed by atoms with Crippen molar-refractivity contribution in [2.45, 2.75) is 19.4 Å². The number of thiazole rings is 1. The Kier molecular flexibility index (Phi) is 3.40. The highest BCUT2D eigenvalue weighted by atomic mass is 32.1. The Balaban J connectivity index is 2.56. The fourth-order valence-corrected chi connectivity index (χ4v) is 1.73. The molecule has 0 aliphatic carbocycles. The van der Waals surface area contributed by atoms with E-state index in [0.717, 1.165) is 17.1 Å². The van der Waals surface area contributed by atoms with E-state index in [1.165, 1.54) is 0 Å². The quantitative estimate of drug-likeness (QED) is 0.416. The summed E-state index contributed by atoms with van der Waals surface area (Å²) in [6, 6.07) is 0.121. The molecule has 0 saturated heterocycles. The minimum Gasteiger partial charge on any atom is -0.271 e. The zero-order valence-electron chi connectivity index (χ0n) is 7.08. The maximum atomic E-state index is 5.29. The summed E-state index contributed by atoms with van der Waals surface area (Å²) in [5, 5.41) is 3.13. The van der Waals surface area contributed by atoms with Crippen LogP contribution in [-0.2, 0) is 6.42 Å². The highest BCUT2D eigenvalue weighted by molar-refractivity contribution is 7.09. The molecule has 0 amide bonds. The molecule has 0 spiro atoms. The number of aromatic nitrogens is 1. The van der Waals surface area contributed by atoms with Gasteiger partial charge in [-0.25, -0.2) is 4.98 Å². The first kappa shape index (κ1) is 9.38. The Labute approximate surface area is 76.3 Å². The fraction of sp³-hybridized carbons (Fsp3) is 0.375. The molecule has 1 unspecified atom stereocenters. The van der Waals surface area contributed by atoms with Crippen LogP contribution in [0.5, 0.6) is 0 Å². The highest BCUT2D eigenvalue weighted by Gasteiger charge is 2.05. The standard InChI is InChI=1S/C8H13N3S/c1-3-7(11-9)4-8-10-6(2)5-12-8/h3,5,7,11H,1,4,9H2,2H3. The lowest BCUT2D eigenvalue weighted by Gasteiger charge is -2.07. The number of aryl methyl sites for hydroxylation is 1. The van der Waals surface area contributed by atoms with E-state index >= 15 is 0 Å². The van der Waals surface area contributed by atoms with Crippen LogP contribution in [0.25, 0.3) is 0 Å². The maximum Gasteiger partial charge on any atom is 0.0947 e. The van der Waals surface area contributed by atoms with E-state index in [2.05, 4.69) is 17.0 Å². The molecular weight excluding hydrogens is 170 g/mol. The molecule has 4 heteroatoms. The van der Waals surface area contributed by atoms with Crippen molar-refractivity contribution < 1.29 is 0 Å². The van der Waals surface area contributed by atoms with E-state index in [0.29, 0.717) is 0 Å². The van der Waals surface area contributed by atoms with Gasteiger partial charge in [0.25, 0.3) is 0 Å². The molecule has 0 saturated carbocycles. The maximum absolute atomic E-state index is 5.29. The third-order valence-electron chi connectivity index (χ3n) is 1.56. The molecule has 1 rings (SSSR count). The van der Waals surface area contributed by atoms with E-state index in [1.807, 2.05) is 12.3 Å². The molecule has 0 bridgehead atoms. The van der Waals surface area contributed by atoms with Crippen molar-refractivity contribution in [2.75, 3.05) is 0 Å². The first-order valence-corrected chi connectivity index (χ1v) is 4.64. The van der Waals surface area contributed by atoms with Gasteiger partial charge in [-0.1, -0.05) is 6.08 Å². The Hall–Kier alpha value is -0.710. The van der Waals surface area contributed by atoms with Crippen LogP contribution in [-0.4, -0.2) is 11.0 Å². The molecule has 0 fully saturated rings. The molecule has 3 N–H and O–H groups in total. The van der Waals surface area contributed by atoms with Gasteiger partial charge < -0.3 is 0 Å². The first-order chi connectivity index (χ1) is 5.76. The second kappa shape index (κ2) is 4.35. The van der Waals surface area contributed by atoms with E-state index < -0.39 is 0 Å². The molecule has 1 aromatic rings. The van der Waals surface area contributed by atoms with Crippen molar-refractivity contribution in [1.82, 2.24) is 10.4 Å². The van der Waals surface area contributed by atoms with Gasteiger partial charge in [-0.05, 0) is 6.92 Å². The Morgan fingerprint density at radius 1 is 1.92 bits per heavy atom. The van der Waals surface area contributed by atoms with Crippen LogP contribution < -0.4 is 11.3 Å². The lowest BCUT2D eigenvalue weighted by molar-refractivity contribution is 0.616. The number of nitrogens with zero attached hydrogens (tertiary/aromatic N) is 1. The molecule has 1 atom stereocenters. The van der Waals surface area contributed by atoms with Gasteiger partial charge in [0.2, 0.25) is 0 Å². The minimum atomic E-state index is 0.121. The first-order valence-electron chi connectivity index (χ1n) is 3.76. The topological polar surface area (TPSA) is 50.9 Å². The van der Waals surface area contributed by atoms with Gasteiger partial charge in [0.15, 0.2) is 0 Å². The molecular formula is C8H13N3S. The number of rotatable bonds is 4. The molecule has 3 nitrogen and oxygen atoms in total. The Bertz CT molecular complexity index is 257. The predicted octanol–water partition coefficient (Wildman–Crippen LogP) is 1.01. The normalized spacial score (nSPS) is 12.8. The summed E-state index contributed by atoms with van der Waals surface area (Å²) >= 11 is 1.65. The zero-order chi connectivity index (χ0) is 8.97. The third-order valence-corrected chi connectivity index (χ3v) is 2.55. The predicted molar refractivity (Wildman–Crippen MR) is 51.9 cm³/mol. The van der Waals surface area contributed by atoms with Crippen LogP contribution in [0.3, 0.4) is 0 Å². The smallest absolute Gasteiger partial charge is 0.0947 e. The van der Waals surface area contributed by atoms with Crippen molar-refractivity contribution >= 4 is 11.3 Å². The molecule has 0 aromatic carbocycles. The second-order valence-electron chi connectivity index (χ2n) is 2.60. The van der Waals surface area contributed by atoms with Crippen LogP contribution >= 0.6 is 11.3 Å². The summed E-state index contributed by atoms with van der Waals surface area (Å²) in [4.78, 5) is 4.32. The van der Waals surface area contributed by atoms with Crippen LogP contribution in [0.15, 0.2) is 18.0 Å². The minimum absolute atomic E-state index is 0.121. The Morgan fingerprint density at radius 3 is 3.08 bits per heavy atom. The van der Waals surface area contributed by atoms with Crippen LogP contribution in [0.4, 0.5) is 0 Å². The monoisotopic (exact) mass is 183 g/mol. The van der Waals surface area contributed by atoms with Crippen molar-refractivity contribution in [3.8, 4) is 0 Å². The summed E-state index contributed by atoms with van der Waals surface area (Å²) in [5.74, 6) is 5.29. The van der Waals surface area contributed by atoms with Gasteiger partial charge in [-0.3, -0.25) is 11.3 Å². The SMILES string of the molecule is C=CC(Cc1nc(C)cs1)NN. The second-order valence-corrected chi connectivity index (χ2v) is 3.54. The van der Waals surface area contributed by atoms with Crippen molar-refractivity contribution in [2.24, 2.45) is 5.84 Å². The molecule has 0 radical (unpaired) electrons. The van der Waals surface area contributed by atoms with Gasteiger partial charge in [0.05, 0.1) is 5.01 Å². The van der Waals surface area contributed by atoms with Crippen LogP contribution in [0.1, 0.15) is 10.7 Å². The molecule has 0 aliphatic rings. The summed E-state index contributed by atoms with van der Waals surface area (Å²) in [5.41, 5.74) is 3.72. The average Bonchev–Trinajstić information content (AvgIpc) is 2.47. The third kappa shape index (κ3) is 2.41. The van der Waals surface area contributed by atoms with Gasteiger partial charge in [-0.2, -0.15) is 0 Å². The lowest BCUT2D eigenvalue weighted by Crippen LogP contribution is -2.34. The average molecular weight is 183 g/mol. The molecule has 66 valence electrons. The van der Waals surface area contributed by atoms with Gasteiger partial charge >= 0.3 is 0 Å². The number of nitrogens with two attached hydrogens (primary N) is 1. The van der Waals surface area contributed by atoms with E-state index in [1.54, 1.807) is 17.4 Å². The van der Waals surface area contributed by atoms with Gasteiger partial charge in [0, 0.05) is 23.5 Å². The summed E-state index contributed by atoms with van der Waals surface area (Å²) in [6.45, 7) is 5.65. The molecule has 0 aliphatic heterocycles. The molecule has 1 aromatic heterocycles. The van der Waals surface area contributed by atoms with Crippen molar-refractivity contribution in [1.29, 1.82) is 0 Å². The summed E-state index contributed by atoms with van der Waals surface area (Å²) in [6.07, 6.45) is 2.61.